The Morgan fingerprint density at radius 1 is 1.62 bits per heavy atom. The summed E-state index contributed by atoms with van der Waals surface area (Å²) in [5.74, 6) is 2.53. The van der Waals surface area contributed by atoms with Crippen LogP contribution < -0.4 is 10.6 Å². The Hall–Kier alpha value is -1.01. The largest absolute Gasteiger partial charge is 0.355 e. The van der Waals surface area contributed by atoms with E-state index >= 15 is 0 Å². The molecule has 0 bridgehead atoms. The molecule has 0 aromatic heterocycles. The van der Waals surface area contributed by atoms with Gasteiger partial charge in [-0.25, -0.2) is 0 Å². The first-order chi connectivity index (χ1) is 6.20. The average Bonchev–Trinajstić information content (AvgIpc) is 2.05. The second-order valence-corrected chi connectivity index (χ2v) is 2.97. The molecule has 0 aromatic carbocycles. The normalized spacial score (nSPS) is 11.8. The quantitative estimate of drug-likeness (QED) is 0.464. The van der Waals surface area contributed by atoms with Crippen molar-refractivity contribution in [3.8, 4) is 12.3 Å². The Balaban J connectivity index is 3.45. The third-order valence-corrected chi connectivity index (χ3v) is 1.64. The highest BCUT2D eigenvalue weighted by Crippen LogP contribution is 1.89. The molecule has 0 saturated carbocycles. The van der Waals surface area contributed by atoms with E-state index in [0.717, 1.165) is 6.54 Å². The summed E-state index contributed by atoms with van der Waals surface area (Å²) in [4.78, 5) is 11.2. The van der Waals surface area contributed by atoms with E-state index in [1.165, 1.54) is 0 Å². The lowest BCUT2D eigenvalue weighted by atomic mass is 10.2. The summed E-state index contributed by atoms with van der Waals surface area (Å²) in [5, 5.41) is 5.92. The standard InChI is InChI=1S/C10H18N2O/c1-4-6-7-12-10(13)8-9(3)11-5-2/h1,9,11H,5-8H2,2-3H3,(H,12,13). The van der Waals surface area contributed by atoms with Crippen LogP contribution in [0.3, 0.4) is 0 Å². The van der Waals surface area contributed by atoms with Crippen molar-refractivity contribution < 1.29 is 4.79 Å². The minimum Gasteiger partial charge on any atom is -0.355 e. The smallest absolute Gasteiger partial charge is 0.221 e. The van der Waals surface area contributed by atoms with Crippen molar-refractivity contribution in [2.75, 3.05) is 13.1 Å². The highest BCUT2D eigenvalue weighted by Gasteiger charge is 2.05. The van der Waals surface area contributed by atoms with Crippen molar-refractivity contribution in [2.24, 2.45) is 0 Å². The summed E-state index contributed by atoms with van der Waals surface area (Å²) >= 11 is 0. The highest BCUT2D eigenvalue weighted by molar-refractivity contribution is 5.76. The van der Waals surface area contributed by atoms with Gasteiger partial charge in [0.25, 0.3) is 0 Å². The maximum Gasteiger partial charge on any atom is 0.221 e. The fraction of sp³-hybridized carbons (Fsp3) is 0.700. The van der Waals surface area contributed by atoms with Gasteiger partial charge in [0, 0.05) is 25.4 Å². The van der Waals surface area contributed by atoms with E-state index in [1.807, 2.05) is 13.8 Å². The summed E-state index contributed by atoms with van der Waals surface area (Å²) in [5.41, 5.74) is 0. The first-order valence-electron chi connectivity index (χ1n) is 4.64. The second kappa shape index (κ2) is 7.63. The van der Waals surface area contributed by atoms with Gasteiger partial charge in [-0.3, -0.25) is 4.79 Å². The molecular formula is C10H18N2O. The van der Waals surface area contributed by atoms with Crippen LogP contribution in [0.2, 0.25) is 0 Å². The van der Waals surface area contributed by atoms with E-state index in [0.29, 0.717) is 19.4 Å². The van der Waals surface area contributed by atoms with Crippen LogP contribution in [0.4, 0.5) is 0 Å². The van der Waals surface area contributed by atoms with Crippen LogP contribution in [0.1, 0.15) is 26.7 Å². The molecule has 0 heterocycles. The maximum atomic E-state index is 11.2. The van der Waals surface area contributed by atoms with Crippen LogP contribution in [-0.4, -0.2) is 25.0 Å². The third kappa shape index (κ3) is 7.35. The number of terminal acetylenes is 1. The molecule has 13 heavy (non-hydrogen) atoms. The van der Waals surface area contributed by atoms with Crippen molar-refractivity contribution in [2.45, 2.75) is 32.7 Å². The van der Waals surface area contributed by atoms with Crippen molar-refractivity contribution in [3.63, 3.8) is 0 Å². The van der Waals surface area contributed by atoms with Crippen LogP contribution >= 0.6 is 0 Å². The van der Waals surface area contributed by atoms with E-state index in [4.69, 9.17) is 6.42 Å². The molecule has 0 spiro atoms. The number of hydrogen-bond donors (Lipinski definition) is 2. The fourth-order valence-electron chi connectivity index (χ4n) is 1.04. The van der Waals surface area contributed by atoms with E-state index in [-0.39, 0.29) is 11.9 Å². The zero-order chi connectivity index (χ0) is 10.1. The molecule has 74 valence electrons. The van der Waals surface area contributed by atoms with E-state index in [2.05, 4.69) is 16.6 Å². The highest BCUT2D eigenvalue weighted by atomic mass is 16.1. The summed E-state index contributed by atoms with van der Waals surface area (Å²) in [6, 6.07) is 0.232. The van der Waals surface area contributed by atoms with Crippen molar-refractivity contribution in [1.29, 1.82) is 0 Å². The molecule has 0 aliphatic carbocycles. The molecule has 2 N–H and O–H groups in total. The molecule has 1 atom stereocenters. The van der Waals surface area contributed by atoms with Crippen molar-refractivity contribution in [3.05, 3.63) is 0 Å². The van der Waals surface area contributed by atoms with Gasteiger partial charge >= 0.3 is 0 Å². The van der Waals surface area contributed by atoms with Crippen molar-refractivity contribution >= 4 is 5.91 Å². The molecule has 1 unspecified atom stereocenters. The van der Waals surface area contributed by atoms with Crippen LogP contribution in [0.25, 0.3) is 0 Å². The summed E-state index contributed by atoms with van der Waals surface area (Å²) in [6.07, 6.45) is 6.16. The average molecular weight is 182 g/mol. The van der Waals surface area contributed by atoms with E-state index < -0.39 is 0 Å². The minimum absolute atomic E-state index is 0.0590. The molecule has 0 aliphatic heterocycles. The molecule has 0 rings (SSSR count). The molecule has 0 aliphatic rings. The van der Waals surface area contributed by atoms with Crippen LogP contribution in [-0.2, 0) is 4.79 Å². The predicted molar refractivity (Wildman–Crippen MR) is 54.2 cm³/mol. The van der Waals surface area contributed by atoms with Gasteiger partial charge in [-0.2, -0.15) is 0 Å². The lowest BCUT2D eigenvalue weighted by molar-refractivity contribution is -0.121. The van der Waals surface area contributed by atoms with Gasteiger partial charge in [-0.05, 0) is 13.5 Å². The SMILES string of the molecule is C#CCCNC(=O)CC(C)NCC. The first-order valence-corrected chi connectivity index (χ1v) is 4.64. The predicted octanol–water partition coefficient (Wildman–Crippen LogP) is 0.514. The zero-order valence-electron chi connectivity index (χ0n) is 8.39. The van der Waals surface area contributed by atoms with Gasteiger partial charge in [0.15, 0.2) is 0 Å². The minimum atomic E-state index is 0.0590. The summed E-state index contributed by atoms with van der Waals surface area (Å²) in [7, 11) is 0. The molecule has 3 nitrogen and oxygen atoms in total. The Labute approximate surface area is 80.3 Å². The molecule has 0 aromatic rings. The zero-order valence-corrected chi connectivity index (χ0v) is 8.39. The molecular weight excluding hydrogens is 164 g/mol. The number of nitrogens with one attached hydrogen (secondary N) is 2. The Morgan fingerprint density at radius 2 is 2.31 bits per heavy atom. The topological polar surface area (TPSA) is 41.1 Å². The number of carbonyl (C=O) groups excluding carboxylic acids is 1. The maximum absolute atomic E-state index is 11.2. The Morgan fingerprint density at radius 3 is 2.85 bits per heavy atom. The van der Waals surface area contributed by atoms with Gasteiger partial charge in [-0.1, -0.05) is 6.92 Å². The monoisotopic (exact) mass is 182 g/mol. The van der Waals surface area contributed by atoms with Gasteiger partial charge in [0.2, 0.25) is 5.91 Å². The lowest BCUT2D eigenvalue weighted by Crippen LogP contribution is -2.33. The molecule has 0 fully saturated rings. The molecule has 1 amide bonds. The molecule has 0 saturated heterocycles. The van der Waals surface area contributed by atoms with Crippen LogP contribution in [0.15, 0.2) is 0 Å². The Bertz CT molecular complexity index is 184. The number of amides is 1. The van der Waals surface area contributed by atoms with E-state index in [1.54, 1.807) is 0 Å². The first kappa shape index (κ1) is 12.0. The summed E-state index contributed by atoms with van der Waals surface area (Å²) in [6.45, 7) is 5.48. The van der Waals surface area contributed by atoms with Crippen LogP contribution in [0.5, 0.6) is 0 Å². The van der Waals surface area contributed by atoms with Crippen molar-refractivity contribution in [1.82, 2.24) is 10.6 Å². The van der Waals surface area contributed by atoms with Gasteiger partial charge in [0.1, 0.15) is 0 Å². The Kier molecular flexibility index (Phi) is 7.04. The van der Waals surface area contributed by atoms with E-state index in [9.17, 15) is 4.79 Å². The molecule has 3 heteroatoms. The number of hydrogen-bond acceptors (Lipinski definition) is 2. The van der Waals surface area contributed by atoms with Gasteiger partial charge < -0.3 is 10.6 Å². The summed E-state index contributed by atoms with van der Waals surface area (Å²) < 4.78 is 0. The van der Waals surface area contributed by atoms with Gasteiger partial charge in [-0.15, -0.1) is 12.3 Å². The number of carbonyl (C=O) groups is 1. The fourth-order valence-corrected chi connectivity index (χ4v) is 1.04. The van der Waals surface area contributed by atoms with Gasteiger partial charge in [0.05, 0.1) is 0 Å². The third-order valence-electron chi connectivity index (χ3n) is 1.64. The second-order valence-electron chi connectivity index (χ2n) is 2.97. The van der Waals surface area contributed by atoms with Crippen LogP contribution in [0, 0.1) is 12.3 Å². The molecule has 0 radical (unpaired) electrons. The number of rotatable bonds is 6. The lowest BCUT2D eigenvalue weighted by Gasteiger charge is -2.11.